The van der Waals surface area contributed by atoms with Crippen molar-refractivity contribution in [2.75, 3.05) is 21.3 Å². The number of carbonyl (C=O) groups excluding carboxylic acids is 1. The molecule has 0 spiro atoms. The Labute approximate surface area is 214 Å². The first kappa shape index (κ1) is 24.9. The van der Waals surface area contributed by atoms with Gasteiger partial charge in [-0.1, -0.05) is 36.4 Å². The lowest BCUT2D eigenvalue weighted by molar-refractivity contribution is -0.159. The molecular formula is C29H29F2NO5. The number of hydrogen-bond donors (Lipinski definition) is 1. The minimum atomic E-state index is -2.88. The quantitative estimate of drug-likeness (QED) is 0.439. The van der Waals surface area contributed by atoms with Gasteiger partial charge in [-0.25, -0.2) is 8.78 Å². The Morgan fingerprint density at radius 1 is 0.919 bits per heavy atom. The molecule has 8 heteroatoms. The largest absolute Gasteiger partial charge is 0.497 e. The summed E-state index contributed by atoms with van der Waals surface area (Å²) < 4.78 is 50.9. The SMILES string of the molecule is COc1ccc2c(c1)OC(c1ccc(OC)c(OC)c1)CC2NC(=O)C1(c2ccccc2)CC(F)(F)C1. The van der Waals surface area contributed by atoms with Gasteiger partial charge in [0.05, 0.1) is 32.8 Å². The van der Waals surface area contributed by atoms with Crippen LogP contribution in [-0.4, -0.2) is 33.2 Å². The maximum Gasteiger partial charge on any atom is 0.250 e. The molecule has 1 N–H and O–H groups in total. The minimum Gasteiger partial charge on any atom is -0.497 e. The van der Waals surface area contributed by atoms with Crippen molar-refractivity contribution in [2.45, 2.75) is 42.7 Å². The Balaban J connectivity index is 1.49. The summed E-state index contributed by atoms with van der Waals surface area (Å²) in [6.07, 6.45) is -1.07. The van der Waals surface area contributed by atoms with Crippen LogP contribution in [0.4, 0.5) is 8.78 Å². The highest BCUT2D eigenvalue weighted by Gasteiger charge is 2.61. The Morgan fingerprint density at radius 3 is 2.30 bits per heavy atom. The summed E-state index contributed by atoms with van der Waals surface area (Å²) in [4.78, 5) is 13.7. The van der Waals surface area contributed by atoms with E-state index >= 15 is 0 Å². The number of amides is 1. The highest BCUT2D eigenvalue weighted by molar-refractivity contribution is 5.90. The van der Waals surface area contributed by atoms with E-state index in [0.29, 0.717) is 35.0 Å². The van der Waals surface area contributed by atoms with Crippen LogP contribution in [0.15, 0.2) is 66.7 Å². The maximum atomic E-state index is 14.2. The molecule has 5 rings (SSSR count). The number of halogens is 2. The fourth-order valence-corrected chi connectivity index (χ4v) is 5.35. The lowest BCUT2D eigenvalue weighted by atomic mass is 9.61. The van der Waals surface area contributed by atoms with Gasteiger partial charge >= 0.3 is 0 Å². The van der Waals surface area contributed by atoms with Crippen LogP contribution in [0.3, 0.4) is 0 Å². The molecule has 0 aromatic heterocycles. The molecule has 1 heterocycles. The highest BCUT2D eigenvalue weighted by Crippen LogP contribution is 2.54. The number of rotatable bonds is 7. The summed E-state index contributed by atoms with van der Waals surface area (Å²) in [7, 11) is 4.69. The van der Waals surface area contributed by atoms with Crippen molar-refractivity contribution in [2.24, 2.45) is 0 Å². The zero-order valence-electron chi connectivity index (χ0n) is 20.9. The van der Waals surface area contributed by atoms with Crippen molar-refractivity contribution < 1.29 is 32.5 Å². The van der Waals surface area contributed by atoms with Gasteiger partial charge in [0, 0.05) is 30.9 Å². The molecule has 3 aromatic carbocycles. The summed E-state index contributed by atoms with van der Waals surface area (Å²) >= 11 is 0. The van der Waals surface area contributed by atoms with Crippen molar-refractivity contribution in [3.05, 3.63) is 83.4 Å². The molecule has 1 aliphatic heterocycles. The van der Waals surface area contributed by atoms with E-state index in [4.69, 9.17) is 18.9 Å². The molecule has 37 heavy (non-hydrogen) atoms. The van der Waals surface area contributed by atoms with E-state index in [1.807, 2.05) is 24.3 Å². The molecule has 2 atom stereocenters. The number of alkyl halides is 2. The van der Waals surface area contributed by atoms with Crippen LogP contribution in [0.25, 0.3) is 0 Å². The Hall–Kier alpha value is -3.81. The smallest absolute Gasteiger partial charge is 0.250 e. The highest BCUT2D eigenvalue weighted by atomic mass is 19.3. The van der Waals surface area contributed by atoms with Crippen LogP contribution in [-0.2, 0) is 10.2 Å². The Morgan fingerprint density at radius 2 is 1.65 bits per heavy atom. The molecule has 6 nitrogen and oxygen atoms in total. The normalized spacial score (nSPS) is 21.0. The van der Waals surface area contributed by atoms with E-state index in [-0.39, 0.29) is 0 Å². The predicted octanol–water partition coefficient (Wildman–Crippen LogP) is 5.76. The lowest BCUT2D eigenvalue weighted by Gasteiger charge is -2.47. The number of carbonyl (C=O) groups is 1. The van der Waals surface area contributed by atoms with Gasteiger partial charge in [0.15, 0.2) is 11.5 Å². The summed E-state index contributed by atoms with van der Waals surface area (Å²) in [6.45, 7) is 0. The molecule has 1 saturated carbocycles. The van der Waals surface area contributed by atoms with Crippen molar-refractivity contribution in [1.29, 1.82) is 0 Å². The molecule has 1 amide bonds. The van der Waals surface area contributed by atoms with Crippen LogP contribution in [0.2, 0.25) is 0 Å². The fraction of sp³-hybridized carbons (Fsp3) is 0.345. The molecule has 3 aromatic rings. The summed E-state index contributed by atoms with van der Waals surface area (Å²) in [6, 6.07) is 19.3. The molecular weight excluding hydrogens is 480 g/mol. The van der Waals surface area contributed by atoms with E-state index in [0.717, 1.165) is 11.1 Å². The van der Waals surface area contributed by atoms with Gasteiger partial charge in [-0.3, -0.25) is 4.79 Å². The van der Waals surface area contributed by atoms with E-state index in [9.17, 15) is 13.6 Å². The van der Waals surface area contributed by atoms with Gasteiger partial charge in [-0.2, -0.15) is 0 Å². The number of methoxy groups -OCH3 is 3. The second kappa shape index (κ2) is 9.57. The standard InChI is InChI=1S/C29H29F2NO5/c1-34-20-10-11-21-22(32-27(33)28(16-29(30,31)17-28)19-7-5-4-6-8-19)15-24(37-25(21)14-20)18-9-12-23(35-2)26(13-18)36-3/h4-14,22,24H,15-17H2,1-3H3,(H,32,33). The molecule has 2 unspecified atom stereocenters. The first-order valence-corrected chi connectivity index (χ1v) is 12.1. The van der Waals surface area contributed by atoms with Crippen LogP contribution < -0.4 is 24.3 Å². The number of nitrogens with one attached hydrogen (secondary N) is 1. The monoisotopic (exact) mass is 509 g/mol. The van der Waals surface area contributed by atoms with Crippen molar-refractivity contribution >= 4 is 5.91 Å². The fourth-order valence-electron chi connectivity index (χ4n) is 5.35. The summed E-state index contributed by atoms with van der Waals surface area (Å²) in [5, 5.41) is 3.09. The third kappa shape index (κ3) is 4.56. The second-order valence-corrected chi connectivity index (χ2v) is 9.54. The van der Waals surface area contributed by atoms with Gasteiger partial charge in [0.25, 0.3) is 5.92 Å². The molecule has 1 aliphatic carbocycles. The summed E-state index contributed by atoms with van der Waals surface area (Å²) in [5.74, 6) is -0.981. The average molecular weight is 510 g/mol. The van der Waals surface area contributed by atoms with E-state index in [2.05, 4.69) is 5.32 Å². The number of hydrogen-bond acceptors (Lipinski definition) is 5. The summed E-state index contributed by atoms with van der Waals surface area (Å²) in [5.41, 5.74) is 0.907. The third-order valence-corrected chi connectivity index (χ3v) is 7.28. The molecule has 0 bridgehead atoms. The van der Waals surface area contributed by atoms with Crippen LogP contribution >= 0.6 is 0 Å². The topological polar surface area (TPSA) is 66.0 Å². The average Bonchev–Trinajstić information content (AvgIpc) is 2.90. The van der Waals surface area contributed by atoms with Crippen molar-refractivity contribution in [3.63, 3.8) is 0 Å². The van der Waals surface area contributed by atoms with Gasteiger partial charge in [0.2, 0.25) is 5.91 Å². The zero-order valence-corrected chi connectivity index (χ0v) is 20.9. The second-order valence-electron chi connectivity index (χ2n) is 9.54. The number of ether oxygens (including phenoxy) is 4. The van der Waals surface area contributed by atoms with E-state index in [1.165, 1.54) is 0 Å². The van der Waals surface area contributed by atoms with Crippen LogP contribution in [0.1, 0.15) is 48.1 Å². The van der Waals surface area contributed by atoms with E-state index < -0.39 is 42.2 Å². The van der Waals surface area contributed by atoms with E-state index in [1.54, 1.807) is 63.8 Å². The maximum absolute atomic E-state index is 14.2. The van der Waals surface area contributed by atoms with Crippen molar-refractivity contribution in [3.8, 4) is 23.0 Å². The molecule has 0 saturated heterocycles. The van der Waals surface area contributed by atoms with Crippen LogP contribution in [0.5, 0.6) is 23.0 Å². The molecule has 194 valence electrons. The molecule has 1 fully saturated rings. The third-order valence-electron chi connectivity index (χ3n) is 7.28. The molecule has 0 radical (unpaired) electrons. The zero-order chi connectivity index (χ0) is 26.2. The van der Waals surface area contributed by atoms with Gasteiger partial charge in [-0.15, -0.1) is 0 Å². The predicted molar refractivity (Wildman–Crippen MR) is 134 cm³/mol. The number of fused-ring (bicyclic) bond motifs is 1. The first-order chi connectivity index (χ1) is 17.8. The minimum absolute atomic E-state index is 0.405. The van der Waals surface area contributed by atoms with Gasteiger partial charge in [0.1, 0.15) is 17.6 Å². The van der Waals surface area contributed by atoms with Gasteiger partial charge in [-0.05, 0) is 35.4 Å². The van der Waals surface area contributed by atoms with Gasteiger partial charge < -0.3 is 24.3 Å². The molecule has 2 aliphatic rings. The lowest BCUT2D eigenvalue weighted by Crippen LogP contribution is -2.58. The Bertz CT molecular complexity index is 1290. The Kier molecular flexibility index (Phi) is 6.43. The number of benzene rings is 3. The van der Waals surface area contributed by atoms with Crippen molar-refractivity contribution in [1.82, 2.24) is 5.32 Å². The van der Waals surface area contributed by atoms with Crippen LogP contribution in [0, 0.1) is 0 Å². The first-order valence-electron chi connectivity index (χ1n) is 12.1.